The first kappa shape index (κ1) is 10.4. The number of pyridine rings is 1. The van der Waals surface area contributed by atoms with Crippen LogP contribution in [0.3, 0.4) is 0 Å². The zero-order chi connectivity index (χ0) is 11.7. The molecule has 1 aliphatic heterocycles. The third-order valence-corrected chi connectivity index (χ3v) is 2.84. The molecule has 1 aromatic rings. The summed E-state index contributed by atoms with van der Waals surface area (Å²) >= 11 is 0. The number of hydrogen-bond acceptors (Lipinski definition) is 4. The van der Waals surface area contributed by atoms with Gasteiger partial charge in [-0.3, -0.25) is 14.2 Å². The van der Waals surface area contributed by atoms with Gasteiger partial charge in [-0.15, -0.1) is 0 Å². The highest BCUT2D eigenvalue weighted by Gasteiger charge is 2.20. The molecule has 16 heavy (non-hydrogen) atoms. The van der Waals surface area contributed by atoms with Gasteiger partial charge in [-0.05, 0) is 18.9 Å². The molecule has 1 aromatic heterocycles. The molecule has 0 radical (unpaired) electrons. The molecule has 1 N–H and O–H groups in total. The molecule has 0 aliphatic carbocycles. The predicted molar refractivity (Wildman–Crippen MR) is 58.6 cm³/mol. The van der Waals surface area contributed by atoms with Crippen LogP contribution in [-0.2, 0) is 6.54 Å². The van der Waals surface area contributed by atoms with Gasteiger partial charge in [0.1, 0.15) is 11.9 Å². The molecule has 0 fully saturated rings. The van der Waals surface area contributed by atoms with Gasteiger partial charge in [-0.2, -0.15) is 5.26 Å². The van der Waals surface area contributed by atoms with E-state index in [0.717, 1.165) is 13.0 Å². The Morgan fingerprint density at radius 2 is 2.31 bits per heavy atom. The van der Waals surface area contributed by atoms with Crippen molar-refractivity contribution in [2.45, 2.75) is 19.9 Å². The minimum atomic E-state index is -0.311. The molecule has 0 amide bonds. The third kappa shape index (κ3) is 1.31. The highest BCUT2D eigenvalue weighted by molar-refractivity contribution is 5.79. The number of carbonyl (C=O) groups is 1. The Hall–Kier alpha value is -2.09. The third-order valence-electron chi connectivity index (χ3n) is 2.84. The Labute approximate surface area is 92.3 Å². The van der Waals surface area contributed by atoms with Crippen molar-refractivity contribution in [1.29, 1.82) is 5.26 Å². The second-order valence-corrected chi connectivity index (χ2v) is 3.73. The summed E-state index contributed by atoms with van der Waals surface area (Å²) < 4.78 is 1.47. The zero-order valence-corrected chi connectivity index (χ0v) is 8.91. The van der Waals surface area contributed by atoms with Crippen LogP contribution in [0.2, 0.25) is 0 Å². The van der Waals surface area contributed by atoms with Gasteiger partial charge in [-0.1, -0.05) is 0 Å². The summed E-state index contributed by atoms with van der Waals surface area (Å²) in [4.78, 5) is 22.8. The maximum atomic E-state index is 11.9. The van der Waals surface area contributed by atoms with Crippen LogP contribution < -0.4 is 10.9 Å². The van der Waals surface area contributed by atoms with Crippen molar-refractivity contribution in [1.82, 2.24) is 4.57 Å². The fourth-order valence-electron chi connectivity index (χ4n) is 1.97. The van der Waals surface area contributed by atoms with Crippen molar-refractivity contribution in [2.24, 2.45) is 0 Å². The van der Waals surface area contributed by atoms with Crippen molar-refractivity contribution in [3.05, 3.63) is 27.0 Å². The standard InChI is InChI=1S/C11H11N3O2/c1-7-8(5-12)10-13-3-2-4-14(10)11(16)9(7)6-15/h6,13H,2-4H2,1H3. The number of nitrogens with zero attached hydrogens (tertiary/aromatic N) is 2. The van der Waals surface area contributed by atoms with Crippen LogP contribution in [0.25, 0.3) is 0 Å². The average Bonchev–Trinajstić information content (AvgIpc) is 2.30. The van der Waals surface area contributed by atoms with Crippen molar-refractivity contribution >= 4 is 12.1 Å². The Balaban J connectivity index is 2.87. The number of hydrogen-bond donors (Lipinski definition) is 1. The summed E-state index contributed by atoms with van der Waals surface area (Å²) in [5, 5.41) is 12.1. The molecule has 2 heterocycles. The van der Waals surface area contributed by atoms with Gasteiger partial charge in [0.2, 0.25) is 0 Å². The van der Waals surface area contributed by atoms with E-state index in [-0.39, 0.29) is 11.1 Å². The summed E-state index contributed by atoms with van der Waals surface area (Å²) in [7, 11) is 0. The number of fused-ring (bicyclic) bond motifs is 1. The number of aromatic nitrogens is 1. The first-order valence-electron chi connectivity index (χ1n) is 5.07. The molecule has 0 saturated heterocycles. The van der Waals surface area contributed by atoms with E-state index in [1.54, 1.807) is 6.92 Å². The lowest BCUT2D eigenvalue weighted by Gasteiger charge is -2.22. The van der Waals surface area contributed by atoms with Crippen molar-refractivity contribution in [2.75, 3.05) is 11.9 Å². The molecule has 0 aromatic carbocycles. The SMILES string of the molecule is Cc1c(C#N)c2n(c(=O)c1C=O)CCCN2. The summed E-state index contributed by atoms with van der Waals surface area (Å²) in [6, 6.07) is 2.04. The second kappa shape index (κ2) is 3.81. The second-order valence-electron chi connectivity index (χ2n) is 3.73. The number of aldehydes is 1. The Kier molecular flexibility index (Phi) is 2.49. The van der Waals surface area contributed by atoms with E-state index in [1.165, 1.54) is 4.57 Å². The Morgan fingerprint density at radius 1 is 1.56 bits per heavy atom. The summed E-state index contributed by atoms with van der Waals surface area (Å²) in [6.07, 6.45) is 1.35. The normalized spacial score (nSPS) is 13.5. The molecule has 1 aliphatic rings. The van der Waals surface area contributed by atoms with Gasteiger partial charge >= 0.3 is 0 Å². The van der Waals surface area contributed by atoms with Crippen molar-refractivity contribution in [3.8, 4) is 6.07 Å². The van der Waals surface area contributed by atoms with Crippen LogP contribution >= 0.6 is 0 Å². The summed E-state index contributed by atoms with van der Waals surface area (Å²) in [5.41, 5.74) is 0.627. The van der Waals surface area contributed by atoms with E-state index in [2.05, 4.69) is 5.32 Å². The lowest BCUT2D eigenvalue weighted by atomic mass is 10.0. The van der Waals surface area contributed by atoms with Gasteiger partial charge < -0.3 is 5.32 Å². The maximum absolute atomic E-state index is 11.9. The first-order valence-corrected chi connectivity index (χ1v) is 5.07. The summed E-state index contributed by atoms with van der Waals surface area (Å²) in [5.74, 6) is 0.543. The maximum Gasteiger partial charge on any atom is 0.263 e. The van der Waals surface area contributed by atoms with Crippen molar-refractivity contribution < 1.29 is 4.79 Å². The molecule has 2 rings (SSSR count). The van der Waals surface area contributed by atoms with Crippen LogP contribution in [0.5, 0.6) is 0 Å². The number of nitriles is 1. The molecule has 0 saturated carbocycles. The van der Waals surface area contributed by atoms with E-state index in [4.69, 9.17) is 5.26 Å². The van der Waals surface area contributed by atoms with Crippen LogP contribution in [0.1, 0.15) is 27.9 Å². The fraction of sp³-hybridized carbons (Fsp3) is 0.364. The van der Waals surface area contributed by atoms with Crippen LogP contribution in [0.15, 0.2) is 4.79 Å². The van der Waals surface area contributed by atoms with E-state index in [1.807, 2.05) is 6.07 Å². The van der Waals surface area contributed by atoms with E-state index in [0.29, 0.717) is 29.8 Å². The van der Waals surface area contributed by atoms with Crippen LogP contribution in [-0.4, -0.2) is 17.4 Å². The number of anilines is 1. The van der Waals surface area contributed by atoms with Gasteiger partial charge in [0, 0.05) is 13.1 Å². The molecule has 0 atom stereocenters. The van der Waals surface area contributed by atoms with Gasteiger partial charge in [0.25, 0.3) is 5.56 Å². The van der Waals surface area contributed by atoms with Gasteiger partial charge in [0.15, 0.2) is 6.29 Å². The quantitative estimate of drug-likeness (QED) is 0.701. The molecule has 5 nitrogen and oxygen atoms in total. The molecule has 5 heteroatoms. The van der Waals surface area contributed by atoms with Gasteiger partial charge in [0.05, 0.1) is 11.1 Å². The predicted octanol–water partition coefficient (Wildman–Crippen LogP) is 0.656. The topological polar surface area (TPSA) is 74.9 Å². The number of rotatable bonds is 1. The summed E-state index contributed by atoms with van der Waals surface area (Å²) in [6.45, 7) is 2.92. The average molecular weight is 217 g/mol. The molecule has 0 spiro atoms. The first-order chi connectivity index (χ1) is 7.70. The fourth-order valence-corrected chi connectivity index (χ4v) is 1.97. The highest BCUT2D eigenvalue weighted by Crippen LogP contribution is 2.21. The van der Waals surface area contributed by atoms with Crippen LogP contribution in [0, 0.1) is 18.3 Å². The molecule has 0 bridgehead atoms. The minimum absolute atomic E-state index is 0.0870. The molecular weight excluding hydrogens is 206 g/mol. The van der Waals surface area contributed by atoms with Crippen molar-refractivity contribution in [3.63, 3.8) is 0 Å². The lowest BCUT2D eigenvalue weighted by Crippen LogP contribution is -2.33. The van der Waals surface area contributed by atoms with E-state index < -0.39 is 0 Å². The smallest absolute Gasteiger partial charge is 0.263 e. The lowest BCUT2D eigenvalue weighted by molar-refractivity contribution is 0.112. The van der Waals surface area contributed by atoms with E-state index in [9.17, 15) is 9.59 Å². The largest absolute Gasteiger partial charge is 0.370 e. The molecule has 82 valence electrons. The molecule has 0 unspecified atom stereocenters. The van der Waals surface area contributed by atoms with E-state index >= 15 is 0 Å². The number of nitrogens with one attached hydrogen (secondary N) is 1. The number of carbonyl (C=O) groups excluding carboxylic acids is 1. The van der Waals surface area contributed by atoms with Crippen LogP contribution in [0.4, 0.5) is 5.82 Å². The monoisotopic (exact) mass is 217 g/mol. The highest BCUT2D eigenvalue weighted by atomic mass is 16.1. The Bertz CT molecular complexity index is 552. The minimum Gasteiger partial charge on any atom is -0.370 e. The Morgan fingerprint density at radius 3 is 2.94 bits per heavy atom. The molecular formula is C11H11N3O2. The van der Waals surface area contributed by atoms with Gasteiger partial charge in [-0.25, -0.2) is 0 Å². The zero-order valence-electron chi connectivity index (χ0n) is 8.91.